The van der Waals surface area contributed by atoms with Gasteiger partial charge in [0.15, 0.2) is 0 Å². The molecule has 0 bridgehead atoms. The summed E-state index contributed by atoms with van der Waals surface area (Å²) >= 11 is 0. The largest absolute Gasteiger partial charge is 0.465 e. The molecule has 0 radical (unpaired) electrons. The lowest BCUT2D eigenvalue weighted by Gasteiger charge is -2.08. The molecule has 1 heterocycles. The van der Waals surface area contributed by atoms with Gasteiger partial charge in [-0.05, 0) is 42.5 Å². The third kappa shape index (κ3) is 5.01. The van der Waals surface area contributed by atoms with E-state index in [4.69, 9.17) is 0 Å². The zero-order chi connectivity index (χ0) is 20.8. The van der Waals surface area contributed by atoms with E-state index in [9.17, 15) is 18.8 Å². The van der Waals surface area contributed by atoms with Gasteiger partial charge in [0.1, 0.15) is 5.82 Å². The molecule has 0 fully saturated rings. The van der Waals surface area contributed by atoms with Gasteiger partial charge in [-0.25, -0.2) is 9.18 Å². The fourth-order valence-corrected chi connectivity index (χ4v) is 2.50. The molecule has 3 aromatic rings. The fourth-order valence-electron chi connectivity index (χ4n) is 2.50. The summed E-state index contributed by atoms with van der Waals surface area (Å²) < 4.78 is 17.9. The van der Waals surface area contributed by atoms with Crippen LogP contribution in [0.4, 0.5) is 15.8 Å². The van der Waals surface area contributed by atoms with Gasteiger partial charge in [0.2, 0.25) is 0 Å². The van der Waals surface area contributed by atoms with Crippen molar-refractivity contribution in [2.75, 3.05) is 17.7 Å². The number of pyridine rings is 1. The molecule has 7 nitrogen and oxygen atoms in total. The number of carbonyl (C=O) groups excluding carboxylic acids is 3. The normalized spacial score (nSPS) is 10.1. The lowest BCUT2D eigenvalue weighted by Crippen LogP contribution is -2.16. The number of nitrogens with zero attached hydrogens (tertiary/aromatic N) is 1. The summed E-state index contributed by atoms with van der Waals surface area (Å²) in [6.07, 6.45) is 2.60. The van der Waals surface area contributed by atoms with E-state index in [0.717, 1.165) is 0 Å². The summed E-state index contributed by atoms with van der Waals surface area (Å²) in [5.41, 5.74) is 1.22. The fraction of sp³-hybridized carbons (Fsp3) is 0.0476. The number of nitrogens with one attached hydrogen (secondary N) is 2. The molecule has 2 aromatic carbocycles. The Balaban J connectivity index is 1.74. The van der Waals surface area contributed by atoms with E-state index in [1.165, 1.54) is 49.8 Å². The van der Waals surface area contributed by atoms with Crippen molar-refractivity contribution in [3.05, 3.63) is 89.5 Å². The highest BCUT2D eigenvalue weighted by atomic mass is 19.1. The maximum absolute atomic E-state index is 13.3. The Morgan fingerprint density at radius 3 is 2.00 bits per heavy atom. The number of benzene rings is 2. The Hall–Kier alpha value is -4.07. The van der Waals surface area contributed by atoms with Crippen LogP contribution < -0.4 is 10.6 Å². The number of hydrogen-bond acceptors (Lipinski definition) is 5. The monoisotopic (exact) mass is 393 g/mol. The van der Waals surface area contributed by atoms with Crippen molar-refractivity contribution in [2.45, 2.75) is 0 Å². The first kappa shape index (κ1) is 19.7. The van der Waals surface area contributed by atoms with Gasteiger partial charge in [-0.1, -0.05) is 12.1 Å². The molecule has 2 N–H and O–H groups in total. The molecule has 0 aliphatic rings. The number of ether oxygens (including phenoxy) is 1. The second-order valence-electron chi connectivity index (χ2n) is 5.95. The average Bonchev–Trinajstić information content (AvgIpc) is 2.73. The smallest absolute Gasteiger partial charge is 0.337 e. The van der Waals surface area contributed by atoms with Crippen LogP contribution in [0.15, 0.2) is 67.0 Å². The summed E-state index contributed by atoms with van der Waals surface area (Å²) in [5, 5.41) is 5.17. The maximum atomic E-state index is 13.3. The van der Waals surface area contributed by atoms with Crippen LogP contribution in [-0.2, 0) is 4.74 Å². The summed E-state index contributed by atoms with van der Waals surface area (Å²) in [6.45, 7) is 0. The summed E-state index contributed by atoms with van der Waals surface area (Å²) in [4.78, 5) is 40.4. The Morgan fingerprint density at radius 2 is 1.41 bits per heavy atom. The highest BCUT2D eigenvalue weighted by Crippen LogP contribution is 2.15. The van der Waals surface area contributed by atoms with E-state index < -0.39 is 23.6 Å². The van der Waals surface area contributed by atoms with Crippen LogP contribution in [0, 0.1) is 5.82 Å². The molecule has 0 aliphatic heterocycles. The van der Waals surface area contributed by atoms with Crippen molar-refractivity contribution in [3.8, 4) is 0 Å². The second-order valence-corrected chi connectivity index (χ2v) is 5.95. The SMILES string of the molecule is COC(=O)c1cccc(NC(=O)c2cncc(C(=O)Nc3cccc(F)c3)c2)c1. The Bertz CT molecular complexity index is 1080. The van der Waals surface area contributed by atoms with Gasteiger partial charge in [0, 0.05) is 23.8 Å². The van der Waals surface area contributed by atoms with Crippen LogP contribution in [0.1, 0.15) is 31.1 Å². The molecule has 2 amide bonds. The molecule has 8 heteroatoms. The van der Waals surface area contributed by atoms with Crippen molar-refractivity contribution in [2.24, 2.45) is 0 Å². The maximum Gasteiger partial charge on any atom is 0.337 e. The molecule has 0 spiro atoms. The zero-order valence-corrected chi connectivity index (χ0v) is 15.3. The highest BCUT2D eigenvalue weighted by Gasteiger charge is 2.13. The van der Waals surface area contributed by atoms with Crippen LogP contribution in [0.2, 0.25) is 0 Å². The summed E-state index contributed by atoms with van der Waals surface area (Å²) in [7, 11) is 1.26. The van der Waals surface area contributed by atoms with E-state index in [2.05, 4.69) is 20.4 Å². The molecule has 1 aromatic heterocycles. The number of halogens is 1. The summed E-state index contributed by atoms with van der Waals surface area (Å²) in [6, 6.07) is 13.0. The van der Waals surface area contributed by atoms with Crippen LogP contribution in [-0.4, -0.2) is 29.9 Å². The van der Waals surface area contributed by atoms with Gasteiger partial charge in [-0.2, -0.15) is 0 Å². The number of amides is 2. The number of methoxy groups -OCH3 is 1. The topological polar surface area (TPSA) is 97.4 Å². The van der Waals surface area contributed by atoms with Gasteiger partial charge in [0.25, 0.3) is 11.8 Å². The van der Waals surface area contributed by atoms with Gasteiger partial charge in [-0.15, -0.1) is 0 Å². The van der Waals surface area contributed by atoms with Crippen LogP contribution in [0.5, 0.6) is 0 Å². The standard InChI is InChI=1S/C21H16FN3O4/c1-29-21(28)13-4-2-6-17(9-13)24-19(26)14-8-15(12-23-11-14)20(27)25-18-7-3-5-16(22)10-18/h2-12H,1H3,(H,24,26)(H,25,27). The first-order valence-corrected chi connectivity index (χ1v) is 8.48. The Labute approximate surface area is 165 Å². The molecule has 29 heavy (non-hydrogen) atoms. The lowest BCUT2D eigenvalue weighted by atomic mass is 10.1. The van der Waals surface area contributed by atoms with Gasteiger partial charge < -0.3 is 15.4 Å². The van der Waals surface area contributed by atoms with Crippen molar-refractivity contribution in [3.63, 3.8) is 0 Å². The second kappa shape index (κ2) is 8.75. The number of carbonyl (C=O) groups is 3. The number of aromatic nitrogens is 1. The third-order valence-corrected chi connectivity index (χ3v) is 3.89. The number of anilines is 2. The minimum atomic E-state index is -0.537. The minimum absolute atomic E-state index is 0.130. The Morgan fingerprint density at radius 1 is 0.828 bits per heavy atom. The lowest BCUT2D eigenvalue weighted by molar-refractivity contribution is 0.0600. The molecule has 0 atom stereocenters. The first-order valence-electron chi connectivity index (χ1n) is 8.48. The first-order chi connectivity index (χ1) is 14.0. The Kier molecular flexibility index (Phi) is 5.94. The van der Waals surface area contributed by atoms with Crippen molar-refractivity contribution >= 4 is 29.2 Å². The van der Waals surface area contributed by atoms with Crippen molar-refractivity contribution < 1.29 is 23.5 Å². The molecule has 3 rings (SSSR count). The molecule has 0 saturated heterocycles. The molecule has 146 valence electrons. The van der Waals surface area contributed by atoms with Gasteiger partial charge in [-0.3, -0.25) is 14.6 Å². The van der Waals surface area contributed by atoms with Crippen molar-refractivity contribution in [1.82, 2.24) is 4.98 Å². The van der Waals surface area contributed by atoms with Gasteiger partial charge in [0.05, 0.1) is 23.8 Å². The quantitative estimate of drug-likeness (QED) is 0.647. The predicted octanol–water partition coefficient (Wildman–Crippen LogP) is 3.51. The van der Waals surface area contributed by atoms with Crippen LogP contribution in [0.3, 0.4) is 0 Å². The number of hydrogen-bond donors (Lipinski definition) is 2. The van der Waals surface area contributed by atoms with Crippen LogP contribution in [0.25, 0.3) is 0 Å². The zero-order valence-electron chi connectivity index (χ0n) is 15.3. The van der Waals surface area contributed by atoms with Gasteiger partial charge >= 0.3 is 5.97 Å². The van der Waals surface area contributed by atoms with Crippen molar-refractivity contribution in [1.29, 1.82) is 0 Å². The van der Waals surface area contributed by atoms with E-state index >= 15 is 0 Å². The molecule has 0 saturated carbocycles. The highest BCUT2D eigenvalue weighted by molar-refractivity contribution is 6.08. The predicted molar refractivity (Wildman–Crippen MR) is 104 cm³/mol. The minimum Gasteiger partial charge on any atom is -0.465 e. The van der Waals surface area contributed by atoms with Crippen LogP contribution >= 0.6 is 0 Å². The summed E-state index contributed by atoms with van der Waals surface area (Å²) in [5.74, 6) is -2.06. The molecule has 0 aliphatic carbocycles. The third-order valence-electron chi connectivity index (χ3n) is 3.89. The van der Waals surface area contributed by atoms with E-state index in [0.29, 0.717) is 5.69 Å². The van der Waals surface area contributed by atoms with E-state index in [1.807, 2.05) is 0 Å². The molecular weight excluding hydrogens is 377 g/mol. The van der Waals surface area contributed by atoms with E-state index in [-0.39, 0.29) is 22.4 Å². The number of esters is 1. The molecule has 0 unspecified atom stereocenters. The molecular formula is C21H16FN3O4. The van der Waals surface area contributed by atoms with E-state index in [1.54, 1.807) is 24.3 Å². The number of rotatable bonds is 5. The average molecular weight is 393 g/mol.